The third-order valence-electron chi connectivity index (χ3n) is 4.23. The first-order chi connectivity index (χ1) is 11.4. The normalized spacial score (nSPS) is 10.7. The van der Waals surface area contributed by atoms with Gasteiger partial charge in [-0.2, -0.15) is 0 Å². The van der Waals surface area contributed by atoms with Crippen LogP contribution in [0.2, 0.25) is 0 Å². The Bertz CT molecular complexity index is 515. The van der Waals surface area contributed by atoms with Crippen molar-refractivity contribution in [3.8, 4) is 16.9 Å². The molecule has 0 N–H and O–H groups in total. The summed E-state index contributed by atoms with van der Waals surface area (Å²) in [6.07, 6.45) is 10.7. The topological polar surface area (TPSA) is 9.23 Å². The van der Waals surface area contributed by atoms with Gasteiger partial charge in [-0.15, -0.1) is 0 Å². The van der Waals surface area contributed by atoms with Crippen molar-refractivity contribution in [2.45, 2.75) is 58.3 Å². The summed E-state index contributed by atoms with van der Waals surface area (Å²) in [6, 6.07) is 18.9. The predicted molar refractivity (Wildman–Crippen MR) is 100.0 cm³/mol. The second-order valence-electron chi connectivity index (χ2n) is 6.21. The molecular formula is C22H30O. The summed E-state index contributed by atoms with van der Waals surface area (Å²) in [5, 5.41) is 0. The third kappa shape index (κ3) is 6.90. The molecule has 2 rings (SSSR count). The largest absolute Gasteiger partial charge is 0.494 e. The molecule has 0 amide bonds. The molecule has 0 aliphatic carbocycles. The molecule has 2 aromatic carbocycles. The lowest BCUT2D eigenvalue weighted by Gasteiger charge is -2.07. The van der Waals surface area contributed by atoms with E-state index >= 15 is 0 Å². The highest BCUT2D eigenvalue weighted by Gasteiger charge is 1.98. The summed E-state index contributed by atoms with van der Waals surface area (Å²) in [4.78, 5) is 0. The predicted octanol–water partition coefficient (Wildman–Crippen LogP) is 6.87. The highest BCUT2D eigenvalue weighted by atomic mass is 16.5. The van der Waals surface area contributed by atoms with E-state index in [1.165, 1.54) is 56.1 Å². The van der Waals surface area contributed by atoms with Gasteiger partial charge in [-0.3, -0.25) is 0 Å². The molecule has 0 aromatic heterocycles. The van der Waals surface area contributed by atoms with Crippen molar-refractivity contribution in [2.75, 3.05) is 6.61 Å². The Morgan fingerprint density at radius 3 is 1.83 bits per heavy atom. The first-order valence-electron chi connectivity index (χ1n) is 9.18. The number of benzene rings is 2. The van der Waals surface area contributed by atoms with Crippen LogP contribution in [0.1, 0.15) is 58.3 Å². The minimum absolute atomic E-state index is 0.833. The van der Waals surface area contributed by atoms with Crippen LogP contribution >= 0.6 is 0 Å². The molecule has 1 heteroatoms. The van der Waals surface area contributed by atoms with Crippen molar-refractivity contribution in [3.05, 3.63) is 54.6 Å². The van der Waals surface area contributed by atoms with Gasteiger partial charge in [-0.25, -0.2) is 0 Å². The summed E-state index contributed by atoms with van der Waals surface area (Å²) in [5.41, 5.74) is 2.49. The molecule has 0 unspecified atom stereocenters. The zero-order chi connectivity index (χ0) is 16.2. The Morgan fingerprint density at radius 1 is 0.609 bits per heavy atom. The maximum absolute atomic E-state index is 5.84. The SMILES string of the molecule is CCCCCCCCCCOc1ccc(-c2ccccc2)cc1. The lowest BCUT2D eigenvalue weighted by Crippen LogP contribution is -1.97. The summed E-state index contributed by atoms with van der Waals surface area (Å²) >= 11 is 0. The molecule has 0 atom stereocenters. The Morgan fingerprint density at radius 2 is 1.17 bits per heavy atom. The minimum atomic E-state index is 0.833. The van der Waals surface area contributed by atoms with Crippen LogP contribution in [-0.2, 0) is 0 Å². The molecule has 0 heterocycles. The van der Waals surface area contributed by atoms with Crippen LogP contribution in [0.3, 0.4) is 0 Å². The van der Waals surface area contributed by atoms with E-state index in [1.807, 2.05) is 6.07 Å². The van der Waals surface area contributed by atoms with Crippen molar-refractivity contribution in [1.82, 2.24) is 0 Å². The molecule has 0 aliphatic rings. The lowest BCUT2D eigenvalue weighted by atomic mass is 10.1. The lowest BCUT2D eigenvalue weighted by molar-refractivity contribution is 0.304. The van der Waals surface area contributed by atoms with Crippen molar-refractivity contribution >= 4 is 0 Å². The van der Waals surface area contributed by atoms with E-state index in [-0.39, 0.29) is 0 Å². The highest BCUT2D eigenvalue weighted by molar-refractivity contribution is 5.63. The van der Waals surface area contributed by atoms with Gasteiger partial charge in [0.1, 0.15) is 5.75 Å². The van der Waals surface area contributed by atoms with E-state index in [0.717, 1.165) is 18.8 Å². The van der Waals surface area contributed by atoms with Crippen LogP contribution in [0.25, 0.3) is 11.1 Å². The maximum atomic E-state index is 5.84. The molecule has 0 saturated heterocycles. The van der Waals surface area contributed by atoms with Gasteiger partial charge in [0.2, 0.25) is 0 Å². The molecule has 0 saturated carbocycles. The van der Waals surface area contributed by atoms with E-state index in [1.54, 1.807) is 0 Å². The maximum Gasteiger partial charge on any atom is 0.119 e. The van der Waals surface area contributed by atoms with Crippen molar-refractivity contribution < 1.29 is 4.74 Å². The Labute approximate surface area is 141 Å². The second-order valence-corrected chi connectivity index (χ2v) is 6.21. The monoisotopic (exact) mass is 310 g/mol. The van der Waals surface area contributed by atoms with Crippen molar-refractivity contribution in [3.63, 3.8) is 0 Å². The van der Waals surface area contributed by atoms with E-state index in [2.05, 4.69) is 55.5 Å². The number of hydrogen-bond acceptors (Lipinski definition) is 1. The van der Waals surface area contributed by atoms with Crippen LogP contribution in [0.5, 0.6) is 5.75 Å². The van der Waals surface area contributed by atoms with Crippen LogP contribution in [0.15, 0.2) is 54.6 Å². The average Bonchev–Trinajstić information content (AvgIpc) is 2.62. The molecule has 0 spiro atoms. The fourth-order valence-electron chi connectivity index (χ4n) is 2.80. The quantitative estimate of drug-likeness (QED) is 0.411. The molecule has 0 bridgehead atoms. The Hall–Kier alpha value is -1.76. The molecule has 0 radical (unpaired) electrons. The number of rotatable bonds is 11. The molecule has 1 nitrogen and oxygen atoms in total. The summed E-state index contributed by atoms with van der Waals surface area (Å²) < 4.78 is 5.84. The molecule has 23 heavy (non-hydrogen) atoms. The second kappa shape index (κ2) is 10.9. The zero-order valence-corrected chi connectivity index (χ0v) is 14.5. The van der Waals surface area contributed by atoms with Crippen LogP contribution in [0.4, 0.5) is 0 Å². The summed E-state index contributed by atoms with van der Waals surface area (Å²) in [6.45, 7) is 3.10. The first kappa shape index (κ1) is 17.6. The fourth-order valence-corrected chi connectivity index (χ4v) is 2.80. The molecule has 0 aliphatic heterocycles. The van der Waals surface area contributed by atoms with Gasteiger partial charge in [0, 0.05) is 0 Å². The van der Waals surface area contributed by atoms with Crippen molar-refractivity contribution in [1.29, 1.82) is 0 Å². The number of hydrogen-bond donors (Lipinski definition) is 0. The zero-order valence-electron chi connectivity index (χ0n) is 14.5. The number of ether oxygens (including phenoxy) is 1. The van der Waals surface area contributed by atoms with Gasteiger partial charge in [0.15, 0.2) is 0 Å². The van der Waals surface area contributed by atoms with Crippen LogP contribution < -0.4 is 4.74 Å². The van der Waals surface area contributed by atoms with E-state index in [0.29, 0.717) is 0 Å². The van der Waals surface area contributed by atoms with Gasteiger partial charge in [0.05, 0.1) is 6.61 Å². The van der Waals surface area contributed by atoms with Gasteiger partial charge in [-0.05, 0) is 29.7 Å². The third-order valence-corrected chi connectivity index (χ3v) is 4.23. The van der Waals surface area contributed by atoms with Gasteiger partial charge >= 0.3 is 0 Å². The fraction of sp³-hybridized carbons (Fsp3) is 0.455. The number of unbranched alkanes of at least 4 members (excludes halogenated alkanes) is 7. The van der Waals surface area contributed by atoms with E-state index in [9.17, 15) is 0 Å². The minimum Gasteiger partial charge on any atom is -0.494 e. The van der Waals surface area contributed by atoms with Crippen molar-refractivity contribution in [2.24, 2.45) is 0 Å². The Kier molecular flexibility index (Phi) is 8.32. The van der Waals surface area contributed by atoms with E-state index in [4.69, 9.17) is 4.74 Å². The molecule has 124 valence electrons. The molecule has 2 aromatic rings. The molecule has 0 fully saturated rings. The summed E-state index contributed by atoms with van der Waals surface area (Å²) in [5.74, 6) is 0.979. The van der Waals surface area contributed by atoms with Gasteiger partial charge in [0.25, 0.3) is 0 Å². The van der Waals surface area contributed by atoms with Gasteiger partial charge in [-0.1, -0.05) is 94.3 Å². The summed E-state index contributed by atoms with van der Waals surface area (Å²) in [7, 11) is 0. The average molecular weight is 310 g/mol. The molecular weight excluding hydrogens is 280 g/mol. The standard InChI is InChI=1S/C22H30O/c1-2-3-4-5-6-7-8-12-19-23-22-17-15-21(16-18-22)20-13-10-9-11-14-20/h9-11,13-18H,2-8,12,19H2,1H3. The van der Waals surface area contributed by atoms with Crippen LogP contribution in [-0.4, -0.2) is 6.61 Å². The van der Waals surface area contributed by atoms with E-state index < -0.39 is 0 Å². The smallest absolute Gasteiger partial charge is 0.119 e. The highest BCUT2D eigenvalue weighted by Crippen LogP contribution is 2.22. The Balaban J connectivity index is 1.60. The first-order valence-corrected chi connectivity index (χ1v) is 9.18. The van der Waals surface area contributed by atoms with Gasteiger partial charge < -0.3 is 4.74 Å². The van der Waals surface area contributed by atoms with Crippen LogP contribution in [0, 0.1) is 0 Å².